The average Bonchev–Trinajstić information content (AvgIpc) is 1.99. The van der Waals surface area contributed by atoms with Crippen LogP contribution in [-0.2, 0) is 9.59 Å². The number of aldehydes is 2. The largest absolute Gasteiger partial charge is 0.384 e. The van der Waals surface area contributed by atoms with E-state index in [-0.39, 0.29) is 0 Å². The highest BCUT2D eigenvalue weighted by Crippen LogP contribution is 1.84. The average molecular weight is 145 g/mol. The first-order valence-corrected chi connectivity index (χ1v) is 3.08. The first-order chi connectivity index (χ1) is 4.76. The van der Waals surface area contributed by atoms with Gasteiger partial charge in [0.15, 0.2) is 6.29 Å². The van der Waals surface area contributed by atoms with Crippen molar-refractivity contribution in [2.75, 3.05) is 6.54 Å². The van der Waals surface area contributed by atoms with E-state index in [1.54, 1.807) is 6.92 Å². The van der Waals surface area contributed by atoms with Gasteiger partial charge in [0.2, 0.25) is 0 Å². The molecule has 58 valence electrons. The number of carbonyl (C=O) groups is 2. The summed E-state index contributed by atoms with van der Waals surface area (Å²) < 4.78 is 0. The second-order valence-electron chi connectivity index (χ2n) is 1.85. The standard InChI is InChI=1S/C6H11NO3/c1-2-7-5(3-8)6(10)4-9/h3-7,10H,2H2,1H3. The summed E-state index contributed by atoms with van der Waals surface area (Å²) in [6, 6.07) is -0.762. The molecule has 0 amide bonds. The van der Waals surface area contributed by atoms with Gasteiger partial charge in [-0.3, -0.25) is 0 Å². The number of carbonyl (C=O) groups excluding carboxylic acids is 2. The first kappa shape index (κ1) is 9.26. The molecule has 4 nitrogen and oxygen atoms in total. The molecule has 2 N–H and O–H groups in total. The van der Waals surface area contributed by atoms with Gasteiger partial charge < -0.3 is 20.0 Å². The first-order valence-electron chi connectivity index (χ1n) is 3.08. The molecule has 2 unspecified atom stereocenters. The molecule has 0 spiro atoms. The monoisotopic (exact) mass is 145 g/mol. The fourth-order valence-electron chi connectivity index (χ4n) is 0.570. The number of rotatable bonds is 5. The molecule has 0 radical (unpaired) electrons. The van der Waals surface area contributed by atoms with Crippen LogP contribution < -0.4 is 5.32 Å². The number of likely N-dealkylation sites (N-methyl/N-ethyl adjacent to an activating group) is 1. The van der Waals surface area contributed by atoms with Crippen molar-refractivity contribution in [2.45, 2.75) is 19.1 Å². The Morgan fingerprint density at radius 1 is 1.50 bits per heavy atom. The van der Waals surface area contributed by atoms with E-state index in [1.807, 2.05) is 0 Å². The maximum atomic E-state index is 10.1. The minimum atomic E-state index is -1.22. The quantitative estimate of drug-likeness (QED) is 0.473. The van der Waals surface area contributed by atoms with Crippen molar-refractivity contribution in [3.63, 3.8) is 0 Å². The molecular formula is C6H11NO3. The molecule has 10 heavy (non-hydrogen) atoms. The van der Waals surface area contributed by atoms with Gasteiger partial charge in [-0.15, -0.1) is 0 Å². The van der Waals surface area contributed by atoms with Crippen LogP contribution in [-0.4, -0.2) is 36.4 Å². The third kappa shape index (κ3) is 2.70. The Hall–Kier alpha value is -0.740. The van der Waals surface area contributed by atoms with Crippen LogP contribution in [0.4, 0.5) is 0 Å². The van der Waals surface area contributed by atoms with E-state index < -0.39 is 12.1 Å². The van der Waals surface area contributed by atoms with Gasteiger partial charge in [-0.2, -0.15) is 0 Å². The van der Waals surface area contributed by atoms with Gasteiger partial charge in [0, 0.05) is 0 Å². The van der Waals surface area contributed by atoms with Crippen LogP contribution in [0.1, 0.15) is 6.92 Å². The zero-order valence-electron chi connectivity index (χ0n) is 5.78. The number of aliphatic hydroxyl groups is 1. The minimum absolute atomic E-state index is 0.335. The fourth-order valence-corrected chi connectivity index (χ4v) is 0.570. The van der Waals surface area contributed by atoms with Crippen LogP contribution in [0.15, 0.2) is 0 Å². The smallest absolute Gasteiger partial charge is 0.150 e. The summed E-state index contributed by atoms with van der Waals surface area (Å²) in [5.41, 5.74) is 0. The molecule has 0 fully saturated rings. The summed E-state index contributed by atoms with van der Waals surface area (Å²) in [6.07, 6.45) is -0.373. The maximum absolute atomic E-state index is 10.1. The third-order valence-electron chi connectivity index (χ3n) is 1.09. The lowest BCUT2D eigenvalue weighted by Gasteiger charge is -2.11. The van der Waals surface area contributed by atoms with Gasteiger partial charge in [-0.05, 0) is 6.54 Å². The molecule has 0 bridgehead atoms. The molecular weight excluding hydrogens is 134 g/mol. The van der Waals surface area contributed by atoms with Gasteiger partial charge in [0.25, 0.3) is 0 Å². The third-order valence-corrected chi connectivity index (χ3v) is 1.09. The molecule has 0 aromatic rings. The Labute approximate surface area is 59.2 Å². The van der Waals surface area contributed by atoms with Crippen molar-refractivity contribution in [1.29, 1.82) is 0 Å². The van der Waals surface area contributed by atoms with Crippen LogP contribution in [0.3, 0.4) is 0 Å². The highest BCUT2D eigenvalue weighted by molar-refractivity contribution is 5.69. The number of nitrogens with one attached hydrogen (secondary N) is 1. The minimum Gasteiger partial charge on any atom is -0.384 e. The van der Waals surface area contributed by atoms with E-state index in [2.05, 4.69) is 5.32 Å². The van der Waals surface area contributed by atoms with Gasteiger partial charge in [-0.25, -0.2) is 0 Å². The summed E-state index contributed by atoms with van der Waals surface area (Å²) in [7, 11) is 0. The lowest BCUT2D eigenvalue weighted by molar-refractivity contribution is -0.121. The predicted molar refractivity (Wildman–Crippen MR) is 35.6 cm³/mol. The summed E-state index contributed by atoms with van der Waals surface area (Å²) in [4.78, 5) is 20.0. The van der Waals surface area contributed by atoms with Crippen LogP contribution in [0.25, 0.3) is 0 Å². The lowest BCUT2D eigenvalue weighted by Crippen LogP contribution is -2.41. The number of hydrogen-bond donors (Lipinski definition) is 2. The maximum Gasteiger partial charge on any atom is 0.150 e. The normalized spacial score (nSPS) is 15.8. The zero-order valence-corrected chi connectivity index (χ0v) is 5.78. The Morgan fingerprint density at radius 3 is 2.40 bits per heavy atom. The van der Waals surface area contributed by atoms with Crippen molar-refractivity contribution in [3.8, 4) is 0 Å². The highest BCUT2D eigenvalue weighted by Gasteiger charge is 2.14. The number of aliphatic hydroxyl groups excluding tert-OH is 1. The summed E-state index contributed by atoms with van der Waals surface area (Å²) >= 11 is 0. The molecule has 0 aromatic heterocycles. The van der Waals surface area contributed by atoms with E-state index in [1.165, 1.54) is 0 Å². The van der Waals surface area contributed by atoms with Gasteiger partial charge in [-0.1, -0.05) is 6.92 Å². The van der Waals surface area contributed by atoms with E-state index >= 15 is 0 Å². The molecule has 2 atom stereocenters. The van der Waals surface area contributed by atoms with Crippen LogP contribution in [0.5, 0.6) is 0 Å². The molecule has 0 aliphatic rings. The molecule has 0 heterocycles. The highest BCUT2D eigenvalue weighted by atomic mass is 16.3. The number of hydrogen-bond acceptors (Lipinski definition) is 4. The Kier molecular flexibility index (Phi) is 4.70. The summed E-state index contributed by atoms with van der Waals surface area (Å²) in [6.45, 7) is 2.34. The predicted octanol–water partition coefficient (Wildman–Crippen LogP) is -1.28. The molecule has 0 aliphatic carbocycles. The molecule has 4 heteroatoms. The second-order valence-corrected chi connectivity index (χ2v) is 1.85. The van der Waals surface area contributed by atoms with Crippen LogP contribution in [0, 0.1) is 0 Å². The molecule has 0 aliphatic heterocycles. The van der Waals surface area contributed by atoms with Crippen molar-refractivity contribution in [2.24, 2.45) is 0 Å². The van der Waals surface area contributed by atoms with E-state index in [9.17, 15) is 9.59 Å². The lowest BCUT2D eigenvalue weighted by atomic mass is 10.2. The molecule has 0 rings (SSSR count). The second kappa shape index (κ2) is 5.08. The Morgan fingerprint density at radius 2 is 2.10 bits per heavy atom. The van der Waals surface area contributed by atoms with E-state index in [4.69, 9.17) is 5.11 Å². The van der Waals surface area contributed by atoms with Crippen molar-refractivity contribution >= 4 is 12.6 Å². The van der Waals surface area contributed by atoms with Crippen LogP contribution >= 0.6 is 0 Å². The topological polar surface area (TPSA) is 66.4 Å². The Bertz CT molecular complexity index is 116. The molecule has 0 saturated heterocycles. The summed E-state index contributed by atoms with van der Waals surface area (Å²) in [5.74, 6) is 0. The van der Waals surface area contributed by atoms with Crippen molar-refractivity contribution in [3.05, 3.63) is 0 Å². The van der Waals surface area contributed by atoms with Gasteiger partial charge in [0.1, 0.15) is 12.4 Å². The Balaban J connectivity index is 3.78. The van der Waals surface area contributed by atoms with Gasteiger partial charge >= 0.3 is 0 Å². The van der Waals surface area contributed by atoms with E-state index in [0.29, 0.717) is 19.1 Å². The molecule has 0 saturated carbocycles. The van der Waals surface area contributed by atoms with Crippen molar-refractivity contribution < 1.29 is 14.7 Å². The molecule has 0 aromatic carbocycles. The fraction of sp³-hybridized carbons (Fsp3) is 0.667. The van der Waals surface area contributed by atoms with E-state index in [0.717, 1.165) is 0 Å². The van der Waals surface area contributed by atoms with Gasteiger partial charge in [0.05, 0.1) is 6.04 Å². The van der Waals surface area contributed by atoms with Crippen molar-refractivity contribution in [1.82, 2.24) is 5.32 Å². The summed E-state index contributed by atoms with van der Waals surface area (Å²) in [5, 5.41) is 11.4. The SMILES string of the molecule is CCNC(C=O)C(O)C=O. The van der Waals surface area contributed by atoms with Crippen LogP contribution in [0.2, 0.25) is 0 Å². The zero-order chi connectivity index (χ0) is 7.98.